The average Bonchev–Trinajstić information content (AvgIpc) is 2.84. The molecule has 36 heavy (non-hydrogen) atoms. The van der Waals surface area contributed by atoms with Crippen LogP contribution in [-0.2, 0) is 22.3 Å². The molecule has 188 valence electrons. The first kappa shape index (κ1) is 26.4. The Labute approximate surface area is 204 Å². The topological polar surface area (TPSA) is 78.5 Å². The number of alkyl halides is 3. The molecule has 6 nitrogen and oxygen atoms in total. The van der Waals surface area contributed by atoms with Crippen LogP contribution in [0.15, 0.2) is 72.8 Å². The molecule has 2 N–H and O–H groups in total. The summed E-state index contributed by atoms with van der Waals surface area (Å²) in [4.78, 5) is 38.8. The minimum absolute atomic E-state index is 0.168. The molecule has 0 aromatic heterocycles. The van der Waals surface area contributed by atoms with Gasteiger partial charge in [-0.15, -0.1) is 0 Å². The number of aryl methyl sites for hydroxylation is 1. The van der Waals surface area contributed by atoms with Gasteiger partial charge in [0.2, 0.25) is 11.8 Å². The fourth-order valence-electron chi connectivity index (χ4n) is 3.27. The summed E-state index contributed by atoms with van der Waals surface area (Å²) in [5.41, 5.74) is 0.733. The minimum atomic E-state index is -4.65. The van der Waals surface area contributed by atoms with E-state index < -0.39 is 41.8 Å². The van der Waals surface area contributed by atoms with Crippen molar-refractivity contribution in [2.45, 2.75) is 19.6 Å². The predicted molar refractivity (Wildman–Crippen MR) is 125 cm³/mol. The van der Waals surface area contributed by atoms with Crippen molar-refractivity contribution in [3.8, 4) is 0 Å². The molecule has 0 saturated carbocycles. The van der Waals surface area contributed by atoms with Crippen molar-refractivity contribution in [3.63, 3.8) is 0 Å². The number of halogens is 4. The third kappa shape index (κ3) is 7.66. The number of nitrogens with zero attached hydrogens (tertiary/aromatic N) is 1. The number of hydrogen-bond donors (Lipinski definition) is 2. The van der Waals surface area contributed by atoms with Crippen LogP contribution < -0.4 is 10.6 Å². The number of rotatable bonds is 8. The Kier molecular flexibility index (Phi) is 8.42. The fourth-order valence-corrected chi connectivity index (χ4v) is 3.27. The molecule has 3 rings (SSSR count). The van der Waals surface area contributed by atoms with Crippen molar-refractivity contribution in [3.05, 3.63) is 101 Å². The van der Waals surface area contributed by atoms with E-state index in [0.717, 1.165) is 34.7 Å². The van der Waals surface area contributed by atoms with Gasteiger partial charge >= 0.3 is 6.18 Å². The third-order valence-corrected chi connectivity index (χ3v) is 5.13. The van der Waals surface area contributed by atoms with Gasteiger partial charge in [0, 0.05) is 17.8 Å². The number of anilines is 1. The largest absolute Gasteiger partial charge is 0.416 e. The zero-order chi connectivity index (χ0) is 26.3. The minimum Gasteiger partial charge on any atom is -0.345 e. The SMILES string of the molecule is Cc1ccc(NC(=O)CNC(=O)CN(Cc2ccc(F)cc2)C(=O)c2cccc(C(F)(F)F)c2)cc1. The van der Waals surface area contributed by atoms with Crippen LogP contribution in [0.5, 0.6) is 0 Å². The summed E-state index contributed by atoms with van der Waals surface area (Å²) < 4.78 is 52.6. The highest BCUT2D eigenvalue weighted by molar-refractivity contribution is 5.98. The van der Waals surface area contributed by atoms with Crippen molar-refractivity contribution >= 4 is 23.4 Å². The molecule has 10 heteroatoms. The maximum absolute atomic E-state index is 13.3. The maximum Gasteiger partial charge on any atom is 0.416 e. The number of amides is 3. The van der Waals surface area contributed by atoms with Gasteiger partial charge in [-0.2, -0.15) is 13.2 Å². The van der Waals surface area contributed by atoms with Crippen LogP contribution in [0.4, 0.5) is 23.2 Å². The highest BCUT2D eigenvalue weighted by Crippen LogP contribution is 2.29. The van der Waals surface area contributed by atoms with E-state index in [0.29, 0.717) is 17.3 Å². The Hall–Kier alpha value is -4.21. The Morgan fingerprint density at radius 3 is 2.19 bits per heavy atom. The Bertz CT molecular complexity index is 1230. The van der Waals surface area contributed by atoms with Crippen molar-refractivity contribution in [2.24, 2.45) is 0 Å². The average molecular weight is 501 g/mol. The van der Waals surface area contributed by atoms with Crippen LogP contribution in [0.1, 0.15) is 27.0 Å². The number of benzene rings is 3. The molecule has 0 spiro atoms. The number of hydrogen-bond acceptors (Lipinski definition) is 3. The van der Waals surface area contributed by atoms with Gasteiger partial charge < -0.3 is 15.5 Å². The molecule has 0 radical (unpaired) electrons. The first-order valence-electron chi connectivity index (χ1n) is 10.9. The molecule has 0 aliphatic rings. The van der Waals surface area contributed by atoms with E-state index in [1.165, 1.54) is 18.2 Å². The molecule has 0 fully saturated rings. The Morgan fingerprint density at radius 1 is 0.889 bits per heavy atom. The molecule has 0 atom stereocenters. The number of nitrogens with one attached hydrogen (secondary N) is 2. The predicted octanol–water partition coefficient (Wildman–Crippen LogP) is 4.55. The summed E-state index contributed by atoms with van der Waals surface area (Å²) in [7, 11) is 0. The van der Waals surface area contributed by atoms with Crippen LogP contribution in [0, 0.1) is 12.7 Å². The smallest absolute Gasteiger partial charge is 0.345 e. The van der Waals surface area contributed by atoms with Crippen molar-refractivity contribution < 1.29 is 31.9 Å². The van der Waals surface area contributed by atoms with E-state index >= 15 is 0 Å². The standard InChI is InChI=1S/C26H23F4N3O3/c1-17-5-11-22(12-6-17)32-23(34)14-31-24(35)16-33(15-18-7-9-21(27)10-8-18)25(36)19-3-2-4-20(13-19)26(28,29)30/h2-13H,14-16H2,1H3,(H,31,35)(H,32,34). The molecule has 0 unspecified atom stereocenters. The normalized spacial score (nSPS) is 11.0. The molecule has 3 aromatic carbocycles. The van der Waals surface area contributed by atoms with Gasteiger partial charge in [0.1, 0.15) is 12.4 Å². The monoisotopic (exact) mass is 501 g/mol. The van der Waals surface area contributed by atoms with Crippen molar-refractivity contribution in [1.82, 2.24) is 10.2 Å². The van der Waals surface area contributed by atoms with Gasteiger partial charge in [-0.05, 0) is 55.0 Å². The number of carbonyl (C=O) groups is 3. The Morgan fingerprint density at radius 2 is 1.56 bits per heavy atom. The summed E-state index contributed by atoms with van der Waals surface area (Å²) in [6, 6.07) is 16.0. The van der Waals surface area contributed by atoms with Crippen LogP contribution in [0.25, 0.3) is 0 Å². The molecule has 0 saturated heterocycles. The van der Waals surface area contributed by atoms with E-state index in [-0.39, 0.29) is 18.7 Å². The number of carbonyl (C=O) groups excluding carboxylic acids is 3. The maximum atomic E-state index is 13.3. The first-order chi connectivity index (χ1) is 17.0. The van der Waals surface area contributed by atoms with Gasteiger partial charge in [0.15, 0.2) is 0 Å². The quantitative estimate of drug-likeness (QED) is 0.445. The van der Waals surface area contributed by atoms with E-state index in [1.54, 1.807) is 24.3 Å². The lowest BCUT2D eigenvalue weighted by molar-refractivity contribution is -0.137. The van der Waals surface area contributed by atoms with Crippen LogP contribution in [0.3, 0.4) is 0 Å². The summed E-state index contributed by atoms with van der Waals surface area (Å²) in [6.07, 6.45) is -4.65. The van der Waals surface area contributed by atoms with Crippen LogP contribution in [0.2, 0.25) is 0 Å². The zero-order valence-electron chi connectivity index (χ0n) is 19.2. The zero-order valence-corrected chi connectivity index (χ0v) is 19.2. The molecule has 3 amide bonds. The highest BCUT2D eigenvalue weighted by Gasteiger charge is 2.31. The second-order valence-electron chi connectivity index (χ2n) is 8.06. The van der Waals surface area contributed by atoms with Crippen molar-refractivity contribution in [1.29, 1.82) is 0 Å². The molecule has 0 bridgehead atoms. The molecular weight excluding hydrogens is 478 g/mol. The summed E-state index contributed by atoms with van der Waals surface area (Å²) >= 11 is 0. The van der Waals surface area contributed by atoms with E-state index in [2.05, 4.69) is 10.6 Å². The van der Waals surface area contributed by atoms with Gasteiger partial charge in [0.25, 0.3) is 5.91 Å². The lowest BCUT2D eigenvalue weighted by Gasteiger charge is -2.23. The van der Waals surface area contributed by atoms with Gasteiger partial charge in [0.05, 0.1) is 12.1 Å². The van der Waals surface area contributed by atoms with Crippen LogP contribution >= 0.6 is 0 Å². The van der Waals surface area contributed by atoms with Gasteiger partial charge in [-0.25, -0.2) is 4.39 Å². The summed E-state index contributed by atoms with van der Waals surface area (Å²) in [5, 5.41) is 5.01. The first-order valence-corrected chi connectivity index (χ1v) is 10.9. The third-order valence-electron chi connectivity index (χ3n) is 5.13. The van der Waals surface area contributed by atoms with Crippen molar-refractivity contribution in [2.75, 3.05) is 18.4 Å². The second-order valence-corrected chi connectivity index (χ2v) is 8.06. The highest BCUT2D eigenvalue weighted by atomic mass is 19.4. The molecule has 0 heterocycles. The fraction of sp³-hybridized carbons (Fsp3) is 0.192. The van der Waals surface area contributed by atoms with E-state index in [4.69, 9.17) is 0 Å². The van der Waals surface area contributed by atoms with E-state index in [9.17, 15) is 31.9 Å². The summed E-state index contributed by atoms with van der Waals surface area (Å²) in [6.45, 7) is 0.807. The molecule has 0 aliphatic heterocycles. The Balaban J connectivity index is 1.70. The molecule has 0 aliphatic carbocycles. The lowest BCUT2D eigenvalue weighted by Crippen LogP contribution is -2.42. The molecule has 3 aromatic rings. The lowest BCUT2D eigenvalue weighted by atomic mass is 10.1. The summed E-state index contributed by atoms with van der Waals surface area (Å²) in [5.74, 6) is -2.53. The van der Waals surface area contributed by atoms with E-state index in [1.807, 2.05) is 6.92 Å². The van der Waals surface area contributed by atoms with Gasteiger partial charge in [-0.1, -0.05) is 35.9 Å². The van der Waals surface area contributed by atoms with Crippen LogP contribution in [-0.4, -0.2) is 35.7 Å². The second kappa shape index (κ2) is 11.5. The van der Waals surface area contributed by atoms with Gasteiger partial charge in [-0.3, -0.25) is 14.4 Å². The molecular formula is C26H23F4N3O3.